The molecule has 1 aromatic rings. The molecule has 1 aromatic heterocycles. The van der Waals surface area contributed by atoms with E-state index in [1.165, 1.54) is 0 Å². The van der Waals surface area contributed by atoms with Crippen LogP contribution in [0.4, 0.5) is 5.95 Å². The quantitative estimate of drug-likeness (QED) is 0.710. The minimum absolute atomic E-state index is 0.0335. The van der Waals surface area contributed by atoms with Gasteiger partial charge in [0.15, 0.2) is 0 Å². The van der Waals surface area contributed by atoms with Gasteiger partial charge in [0.1, 0.15) is 6.23 Å². The second-order valence-corrected chi connectivity index (χ2v) is 3.14. The van der Waals surface area contributed by atoms with Gasteiger partial charge in [-0.1, -0.05) is 0 Å². The molecular formula is C9H14N4O. The Bertz CT molecular complexity index is 279. The van der Waals surface area contributed by atoms with Crippen LogP contribution in [-0.4, -0.2) is 42.9 Å². The van der Waals surface area contributed by atoms with Gasteiger partial charge in [-0.25, -0.2) is 9.97 Å². The first-order valence-corrected chi connectivity index (χ1v) is 4.69. The maximum absolute atomic E-state index is 5.34. The first-order chi connectivity index (χ1) is 6.92. The molecule has 0 amide bonds. The summed E-state index contributed by atoms with van der Waals surface area (Å²) in [5, 5.41) is 3.26. The van der Waals surface area contributed by atoms with Crippen molar-refractivity contribution >= 4 is 5.95 Å². The Morgan fingerprint density at radius 3 is 3.00 bits per heavy atom. The molecule has 1 N–H and O–H groups in total. The Kier molecular flexibility index (Phi) is 2.90. The summed E-state index contributed by atoms with van der Waals surface area (Å²) in [6.45, 7) is 2.63. The number of rotatable bonds is 2. The number of ether oxygens (including phenoxy) is 1. The molecule has 5 nitrogen and oxygen atoms in total. The van der Waals surface area contributed by atoms with E-state index in [9.17, 15) is 0 Å². The van der Waals surface area contributed by atoms with Gasteiger partial charge in [-0.15, -0.1) is 0 Å². The molecule has 2 heterocycles. The number of nitrogens with zero attached hydrogens (tertiary/aromatic N) is 3. The molecule has 0 radical (unpaired) electrons. The fraction of sp³-hybridized carbons (Fsp3) is 0.556. The molecule has 0 aromatic carbocycles. The first kappa shape index (κ1) is 9.36. The third-order valence-electron chi connectivity index (χ3n) is 2.28. The monoisotopic (exact) mass is 194 g/mol. The predicted molar refractivity (Wildman–Crippen MR) is 53.0 cm³/mol. The van der Waals surface area contributed by atoms with Crippen molar-refractivity contribution in [3.8, 4) is 0 Å². The average Bonchev–Trinajstić information content (AvgIpc) is 2.30. The zero-order valence-electron chi connectivity index (χ0n) is 8.18. The Morgan fingerprint density at radius 2 is 2.29 bits per heavy atom. The molecule has 76 valence electrons. The standard InChI is InChI=1S/C9H14N4O/c1-14-8-7-10-5-6-13(8)9-11-3-2-4-12-9/h2-4,8,10H,5-7H2,1H3. The normalized spacial score (nSPS) is 22.4. The van der Waals surface area contributed by atoms with Gasteiger partial charge in [0.05, 0.1) is 0 Å². The van der Waals surface area contributed by atoms with Crippen LogP contribution in [0.15, 0.2) is 18.5 Å². The molecule has 5 heteroatoms. The van der Waals surface area contributed by atoms with E-state index in [4.69, 9.17) is 4.74 Å². The van der Waals surface area contributed by atoms with Crippen LogP contribution in [0.1, 0.15) is 0 Å². The smallest absolute Gasteiger partial charge is 0.227 e. The van der Waals surface area contributed by atoms with Crippen LogP contribution in [0.3, 0.4) is 0 Å². The molecule has 1 atom stereocenters. The zero-order chi connectivity index (χ0) is 9.80. The lowest BCUT2D eigenvalue weighted by atomic mass is 10.3. The number of anilines is 1. The Morgan fingerprint density at radius 1 is 1.50 bits per heavy atom. The van der Waals surface area contributed by atoms with Crippen LogP contribution in [0, 0.1) is 0 Å². The highest BCUT2D eigenvalue weighted by atomic mass is 16.5. The van der Waals surface area contributed by atoms with E-state index in [2.05, 4.69) is 20.2 Å². The van der Waals surface area contributed by atoms with Crippen LogP contribution >= 0.6 is 0 Å². The van der Waals surface area contributed by atoms with E-state index in [0.29, 0.717) is 0 Å². The van der Waals surface area contributed by atoms with Crippen molar-refractivity contribution in [1.82, 2.24) is 15.3 Å². The molecule has 1 saturated heterocycles. The van der Waals surface area contributed by atoms with Gasteiger partial charge in [-0.05, 0) is 6.07 Å². The number of piperazine rings is 1. The molecule has 1 aliphatic rings. The van der Waals surface area contributed by atoms with Gasteiger partial charge in [-0.2, -0.15) is 0 Å². The summed E-state index contributed by atoms with van der Waals surface area (Å²) in [4.78, 5) is 10.5. The Labute approximate surface area is 83.1 Å². The number of aromatic nitrogens is 2. The van der Waals surface area contributed by atoms with Crippen LogP contribution in [-0.2, 0) is 4.74 Å². The van der Waals surface area contributed by atoms with Crippen molar-refractivity contribution in [3.63, 3.8) is 0 Å². The molecule has 2 rings (SSSR count). The van der Waals surface area contributed by atoms with Crippen LogP contribution in [0.2, 0.25) is 0 Å². The Hall–Kier alpha value is -1.20. The molecule has 1 aliphatic heterocycles. The lowest BCUT2D eigenvalue weighted by Crippen LogP contribution is -2.52. The average molecular weight is 194 g/mol. The van der Waals surface area contributed by atoms with Crippen LogP contribution in [0.25, 0.3) is 0 Å². The number of hydrogen-bond donors (Lipinski definition) is 1. The second-order valence-electron chi connectivity index (χ2n) is 3.14. The molecule has 0 spiro atoms. The zero-order valence-corrected chi connectivity index (χ0v) is 8.18. The predicted octanol–water partition coefficient (Wildman–Crippen LogP) is -0.141. The highest BCUT2D eigenvalue weighted by molar-refractivity contribution is 5.30. The largest absolute Gasteiger partial charge is 0.360 e. The highest BCUT2D eigenvalue weighted by Crippen LogP contribution is 2.11. The topological polar surface area (TPSA) is 50.3 Å². The molecule has 14 heavy (non-hydrogen) atoms. The van der Waals surface area contributed by atoms with Gasteiger partial charge in [0.25, 0.3) is 0 Å². The van der Waals surface area contributed by atoms with Crippen molar-refractivity contribution in [3.05, 3.63) is 18.5 Å². The van der Waals surface area contributed by atoms with Gasteiger partial charge in [-0.3, -0.25) is 0 Å². The van der Waals surface area contributed by atoms with E-state index < -0.39 is 0 Å². The van der Waals surface area contributed by atoms with Gasteiger partial charge < -0.3 is 15.0 Å². The summed E-state index contributed by atoms with van der Waals surface area (Å²) in [6.07, 6.45) is 3.53. The third-order valence-corrected chi connectivity index (χ3v) is 2.28. The molecule has 1 fully saturated rings. The molecular weight excluding hydrogens is 180 g/mol. The highest BCUT2D eigenvalue weighted by Gasteiger charge is 2.23. The summed E-state index contributed by atoms with van der Waals surface area (Å²) in [5.41, 5.74) is 0. The number of methoxy groups -OCH3 is 1. The summed E-state index contributed by atoms with van der Waals surface area (Å²) in [7, 11) is 1.70. The second kappa shape index (κ2) is 4.34. The third kappa shape index (κ3) is 1.83. The molecule has 0 bridgehead atoms. The van der Waals surface area contributed by atoms with E-state index in [-0.39, 0.29) is 6.23 Å². The van der Waals surface area contributed by atoms with E-state index in [0.717, 1.165) is 25.6 Å². The first-order valence-electron chi connectivity index (χ1n) is 4.69. The van der Waals surface area contributed by atoms with Crippen molar-refractivity contribution < 1.29 is 4.74 Å². The van der Waals surface area contributed by atoms with Crippen LogP contribution in [0.5, 0.6) is 0 Å². The minimum Gasteiger partial charge on any atom is -0.360 e. The Balaban J connectivity index is 2.15. The van der Waals surface area contributed by atoms with Gasteiger partial charge in [0.2, 0.25) is 5.95 Å². The molecule has 0 saturated carbocycles. The van der Waals surface area contributed by atoms with E-state index in [1.54, 1.807) is 19.5 Å². The summed E-state index contributed by atoms with van der Waals surface area (Å²) in [6, 6.07) is 1.81. The maximum atomic E-state index is 5.34. The van der Waals surface area contributed by atoms with Gasteiger partial charge >= 0.3 is 0 Å². The minimum atomic E-state index is 0.0335. The van der Waals surface area contributed by atoms with Crippen molar-refractivity contribution in [2.75, 3.05) is 31.6 Å². The summed E-state index contributed by atoms with van der Waals surface area (Å²) in [5.74, 6) is 0.737. The van der Waals surface area contributed by atoms with E-state index in [1.807, 2.05) is 6.07 Å². The lowest BCUT2D eigenvalue weighted by molar-refractivity contribution is 0.0868. The summed E-state index contributed by atoms with van der Waals surface area (Å²) >= 11 is 0. The number of nitrogens with one attached hydrogen (secondary N) is 1. The van der Waals surface area contributed by atoms with Gasteiger partial charge in [0, 0.05) is 39.1 Å². The van der Waals surface area contributed by atoms with Crippen molar-refractivity contribution in [1.29, 1.82) is 0 Å². The fourth-order valence-corrected chi connectivity index (χ4v) is 1.56. The SMILES string of the molecule is COC1CNCCN1c1ncccn1. The van der Waals surface area contributed by atoms with E-state index >= 15 is 0 Å². The maximum Gasteiger partial charge on any atom is 0.227 e. The number of hydrogen-bond acceptors (Lipinski definition) is 5. The molecule has 1 unspecified atom stereocenters. The molecule has 0 aliphatic carbocycles. The lowest BCUT2D eigenvalue weighted by Gasteiger charge is -2.34. The van der Waals surface area contributed by atoms with Crippen LogP contribution < -0.4 is 10.2 Å². The van der Waals surface area contributed by atoms with Crippen molar-refractivity contribution in [2.45, 2.75) is 6.23 Å². The summed E-state index contributed by atoms with van der Waals surface area (Å²) < 4.78 is 5.34. The van der Waals surface area contributed by atoms with Crippen molar-refractivity contribution in [2.24, 2.45) is 0 Å². The fourth-order valence-electron chi connectivity index (χ4n) is 1.56.